The van der Waals surface area contributed by atoms with Crippen LogP contribution < -0.4 is 10.6 Å². The van der Waals surface area contributed by atoms with E-state index in [1.807, 2.05) is 6.92 Å². The largest absolute Gasteiger partial charge is 0.356 e. The van der Waals surface area contributed by atoms with Crippen LogP contribution in [0.25, 0.3) is 0 Å². The smallest absolute Gasteiger partial charge is 0.221 e. The molecule has 0 rings (SSSR count). The highest BCUT2D eigenvalue weighted by molar-refractivity contribution is 5.78. The van der Waals surface area contributed by atoms with Crippen LogP contribution in [-0.4, -0.2) is 24.9 Å². The third kappa shape index (κ3) is 13.2. The van der Waals surface area contributed by atoms with Gasteiger partial charge in [0, 0.05) is 25.9 Å². The summed E-state index contributed by atoms with van der Waals surface area (Å²) in [5.41, 5.74) is 0. The van der Waals surface area contributed by atoms with Gasteiger partial charge in [-0.05, 0) is 12.8 Å². The molecule has 0 aliphatic rings. The summed E-state index contributed by atoms with van der Waals surface area (Å²) in [4.78, 5) is 22.6. The number of carbonyl (C=O) groups excluding carboxylic acids is 2. The van der Waals surface area contributed by atoms with Gasteiger partial charge < -0.3 is 10.6 Å². The van der Waals surface area contributed by atoms with Gasteiger partial charge in [-0.3, -0.25) is 9.59 Å². The van der Waals surface area contributed by atoms with Crippen molar-refractivity contribution < 1.29 is 9.59 Å². The lowest BCUT2D eigenvalue weighted by Gasteiger charge is -2.06. The molecular formula is C15H30N2O2. The fourth-order valence-corrected chi connectivity index (χ4v) is 1.85. The van der Waals surface area contributed by atoms with E-state index in [-0.39, 0.29) is 11.8 Å². The summed E-state index contributed by atoms with van der Waals surface area (Å²) < 4.78 is 0. The maximum absolute atomic E-state index is 11.5. The van der Waals surface area contributed by atoms with Gasteiger partial charge in [-0.25, -0.2) is 0 Å². The number of carbonyl (C=O) groups is 2. The average Bonchev–Trinajstić information content (AvgIpc) is 2.38. The van der Waals surface area contributed by atoms with Gasteiger partial charge in [-0.15, -0.1) is 0 Å². The highest BCUT2D eigenvalue weighted by Gasteiger charge is 2.02. The van der Waals surface area contributed by atoms with Crippen molar-refractivity contribution in [3.63, 3.8) is 0 Å². The zero-order valence-corrected chi connectivity index (χ0v) is 12.6. The minimum absolute atomic E-state index is 0.0327. The molecular weight excluding hydrogens is 240 g/mol. The summed E-state index contributed by atoms with van der Waals surface area (Å²) in [6, 6.07) is 0. The zero-order chi connectivity index (χ0) is 14.3. The number of hydrogen-bond donors (Lipinski definition) is 2. The first-order chi connectivity index (χ1) is 9.20. The molecule has 0 bridgehead atoms. The lowest BCUT2D eigenvalue weighted by atomic mass is 10.1. The maximum atomic E-state index is 11.5. The van der Waals surface area contributed by atoms with Gasteiger partial charge in [0.15, 0.2) is 0 Å². The Morgan fingerprint density at radius 3 is 1.95 bits per heavy atom. The van der Waals surface area contributed by atoms with Gasteiger partial charge in [0.05, 0.1) is 0 Å². The van der Waals surface area contributed by atoms with E-state index in [1.165, 1.54) is 32.1 Å². The van der Waals surface area contributed by atoms with Crippen molar-refractivity contribution in [2.24, 2.45) is 0 Å². The molecule has 112 valence electrons. The van der Waals surface area contributed by atoms with Crippen LogP contribution in [0.4, 0.5) is 0 Å². The SMILES string of the molecule is CCCCCCCCNC(=O)CCNC(=O)CCC. The molecule has 19 heavy (non-hydrogen) atoms. The number of hydrogen-bond acceptors (Lipinski definition) is 2. The molecule has 0 aromatic heterocycles. The lowest BCUT2D eigenvalue weighted by molar-refractivity contribution is -0.122. The van der Waals surface area contributed by atoms with Crippen LogP contribution in [0.1, 0.15) is 71.6 Å². The highest BCUT2D eigenvalue weighted by Crippen LogP contribution is 2.03. The molecule has 2 amide bonds. The predicted octanol–water partition coefficient (Wildman–Crippen LogP) is 2.77. The predicted molar refractivity (Wildman–Crippen MR) is 78.9 cm³/mol. The van der Waals surface area contributed by atoms with Crippen molar-refractivity contribution >= 4 is 11.8 Å². The van der Waals surface area contributed by atoms with E-state index in [4.69, 9.17) is 0 Å². The molecule has 4 heteroatoms. The molecule has 0 aliphatic heterocycles. The van der Waals surface area contributed by atoms with Gasteiger partial charge in [0.25, 0.3) is 0 Å². The Morgan fingerprint density at radius 1 is 0.684 bits per heavy atom. The minimum Gasteiger partial charge on any atom is -0.356 e. The topological polar surface area (TPSA) is 58.2 Å². The molecule has 0 unspecified atom stereocenters. The van der Waals surface area contributed by atoms with Gasteiger partial charge in [0.2, 0.25) is 11.8 Å². The maximum Gasteiger partial charge on any atom is 0.221 e. The Kier molecular flexibility index (Phi) is 12.6. The highest BCUT2D eigenvalue weighted by atomic mass is 16.2. The molecule has 0 aliphatic carbocycles. The standard InChI is InChI=1S/C15H30N2O2/c1-3-5-6-7-8-9-12-16-15(19)11-13-17-14(18)10-4-2/h3-13H2,1-2H3,(H,16,19)(H,17,18). The van der Waals surface area contributed by atoms with Crippen molar-refractivity contribution in [2.45, 2.75) is 71.6 Å². The van der Waals surface area contributed by atoms with Crippen molar-refractivity contribution in [3.05, 3.63) is 0 Å². The summed E-state index contributed by atoms with van der Waals surface area (Å²) in [6.07, 6.45) is 9.14. The quantitative estimate of drug-likeness (QED) is 0.536. The third-order valence-corrected chi connectivity index (χ3v) is 3.00. The molecule has 4 nitrogen and oxygen atoms in total. The fraction of sp³-hybridized carbons (Fsp3) is 0.867. The third-order valence-electron chi connectivity index (χ3n) is 3.00. The molecule has 2 N–H and O–H groups in total. The van der Waals surface area contributed by atoms with Crippen molar-refractivity contribution in [2.75, 3.05) is 13.1 Å². The van der Waals surface area contributed by atoms with E-state index in [9.17, 15) is 9.59 Å². The molecule has 0 radical (unpaired) electrons. The van der Waals surface area contributed by atoms with Crippen LogP contribution >= 0.6 is 0 Å². The van der Waals surface area contributed by atoms with Gasteiger partial charge in [-0.1, -0.05) is 46.0 Å². The first kappa shape index (κ1) is 17.9. The first-order valence-electron chi connectivity index (χ1n) is 7.74. The lowest BCUT2D eigenvalue weighted by Crippen LogP contribution is -2.31. The summed E-state index contributed by atoms with van der Waals surface area (Å²) in [5, 5.41) is 5.63. The first-order valence-corrected chi connectivity index (χ1v) is 7.74. The number of nitrogens with one attached hydrogen (secondary N) is 2. The molecule has 0 spiro atoms. The van der Waals surface area contributed by atoms with Crippen molar-refractivity contribution in [3.8, 4) is 0 Å². The van der Waals surface area contributed by atoms with Crippen LogP contribution in [0.5, 0.6) is 0 Å². The summed E-state index contributed by atoms with van der Waals surface area (Å²) >= 11 is 0. The Balaban J connectivity index is 3.28. The van der Waals surface area contributed by atoms with E-state index < -0.39 is 0 Å². The Bertz CT molecular complexity index is 242. The summed E-state index contributed by atoms with van der Waals surface area (Å²) in [5.74, 6) is 0.0663. The van der Waals surface area contributed by atoms with Gasteiger partial charge in [-0.2, -0.15) is 0 Å². The fourth-order valence-electron chi connectivity index (χ4n) is 1.85. The minimum atomic E-state index is 0.0327. The molecule has 0 aromatic rings. The molecule has 0 heterocycles. The monoisotopic (exact) mass is 270 g/mol. The number of rotatable bonds is 12. The average molecular weight is 270 g/mol. The molecule has 0 saturated carbocycles. The van der Waals surface area contributed by atoms with E-state index in [0.717, 1.165) is 19.4 Å². The van der Waals surface area contributed by atoms with E-state index >= 15 is 0 Å². The van der Waals surface area contributed by atoms with Crippen LogP contribution in [0.15, 0.2) is 0 Å². The normalized spacial score (nSPS) is 10.2. The molecule has 0 fully saturated rings. The van der Waals surface area contributed by atoms with Gasteiger partial charge in [0.1, 0.15) is 0 Å². The van der Waals surface area contributed by atoms with E-state index in [0.29, 0.717) is 19.4 Å². The van der Waals surface area contributed by atoms with E-state index in [1.54, 1.807) is 0 Å². The second-order valence-electron chi connectivity index (χ2n) is 4.97. The Hall–Kier alpha value is -1.06. The molecule has 0 saturated heterocycles. The molecule has 0 atom stereocenters. The number of amides is 2. The van der Waals surface area contributed by atoms with Crippen LogP contribution in [0.3, 0.4) is 0 Å². The zero-order valence-electron chi connectivity index (χ0n) is 12.6. The second-order valence-corrected chi connectivity index (χ2v) is 4.97. The van der Waals surface area contributed by atoms with Crippen LogP contribution in [-0.2, 0) is 9.59 Å². The van der Waals surface area contributed by atoms with E-state index in [2.05, 4.69) is 17.6 Å². The Labute approximate surface area is 117 Å². The van der Waals surface area contributed by atoms with Crippen LogP contribution in [0, 0.1) is 0 Å². The summed E-state index contributed by atoms with van der Waals surface area (Å²) in [6.45, 7) is 5.38. The van der Waals surface area contributed by atoms with Crippen LogP contribution in [0.2, 0.25) is 0 Å². The summed E-state index contributed by atoms with van der Waals surface area (Å²) in [7, 11) is 0. The molecule has 0 aromatic carbocycles. The van der Waals surface area contributed by atoms with Crippen molar-refractivity contribution in [1.29, 1.82) is 0 Å². The Morgan fingerprint density at radius 2 is 1.26 bits per heavy atom. The van der Waals surface area contributed by atoms with Crippen molar-refractivity contribution in [1.82, 2.24) is 10.6 Å². The second kappa shape index (κ2) is 13.4. The number of unbranched alkanes of at least 4 members (excludes halogenated alkanes) is 5. The van der Waals surface area contributed by atoms with Gasteiger partial charge >= 0.3 is 0 Å².